The minimum absolute atomic E-state index is 0.444. The molecule has 1 heterocycles. The van der Waals surface area contributed by atoms with Gasteiger partial charge in [0.1, 0.15) is 0 Å². The molecule has 3 N–H and O–H groups in total. The Balaban J connectivity index is 2.47. The molecule has 0 bridgehead atoms. The number of hydrogen-bond acceptors (Lipinski definition) is 5. The summed E-state index contributed by atoms with van der Waals surface area (Å²) in [5.74, 6) is 0.854. The third-order valence-corrected chi connectivity index (χ3v) is 2.02. The van der Waals surface area contributed by atoms with Crippen LogP contribution in [0.5, 0.6) is 0 Å². The number of nitrogens with one attached hydrogen (secondary N) is 1. The molecule has 11 heavy (non-hydrogen) atoms. The quantitative estimate of drug-likeness (QED) is 0.543. The highest BCUT2D eigenvalue weighted by Crippen LogP contribution is 2.07. The van der Waals surface area contributed by atoms with Gasteiger partial charge in [-0.2, -0.15) is 13.6 Å². The van der Waals surface area contributed by atoms with Gasteiger partial charge in [0.15, 0.2) is 0 Å². The fourth-order valence-corrected chi connectivity index (χ4v) is 1.42. The van der Waals surface area contributed by atoms with E-state index < -0.39 is 10.3 Å². The first-order valence-corrected chi connectivity index (χ1v) is 5.20. The molecular formula is C3H7N3O3S2. The van der Waals surface area contributed by atoms with Crippen molar-refractivity contribution in [3.8, 4) is 0 Å². The number of nitrogens with zero attached hydrogens (tertiary/aromatic N) is 1. The van der Waals surface area contributed by atoms with Gasteiger partial charge >= 0.3 is 10.3 Å². The van der Waals surface area contributed by atoms with E-state index in [0.29, 0.717) is 5.17 Å². The lowest BCUT2D eigenvalue weighted by Gasteiger charge is -1.94. The molecule has 0 saturated carbocycles. The third-order valence-electron chi connectivity index (χ3n) is 0.841. The molecule has 64 valence electrons. The minimum atomic E-state index is -3.95. The van der Waals surface area contributed by atoms with Crippen LogP contribution in [0.3, 0.4) is 0 Å². The second kappa shape index (κ2) is 3.28. The fraction of sp³-hybridized carbons (Fsp3) is 0.667. The average molecular weight is 197 g/mol. The first kappa shape index (κ1) is 8.62. The zero-order chi connectivity index (χ0) is 8.32. The summed E-state index contributed by atoms with van der Waals surface area (Å²) in [6, 6.07) is 0. The molecule has 1 rings (SSSR count). The lowest BCUT2D eigenvalue weighted by molar-refractivity contribution is 0.339. The maximum Gasteiger partial charge on any atom is 0.399 e. The molecule has 1 fully saturated rings. The van der Waals surface area contributed by atoms with Crippen molar-refractivity contribution in [1.29, 1.82) is 0 Å². The van der Waals surface area contributed by atoms with Crippen molar-refractivity contribution in [2.24, 2.45) is 10.3 Å². The second-order valence-electron chi connectivity index (χ2n) is 1.74. The highest BCUT2D eigenvalue weighted by Gasteiger charge is 2.09. The second-order valence-corrected chi connectivity index (χ2v) is 3.96. The number of hydrogen-bond donors (Lipinski definition) is 2. The first-order valence-electron chi connectivity index (χ1n) is 2.74. The standard InChI is InChI=1S/C3H7N3O3S2/c4-11(7,8)9-6-3-5-1-2-10-3/h1-2H2,(H,5,6)(H2,4,7,8). The minimum Gasteiger partial charge on any atom is -0.361 e. The normalized spacial score (nSPS) is 21.7. The van der Waals surface area contributed by atoms with Crippen molar-refractivity contribution in [3.63, 3.8) is 0 Å². The van der Waals surface area contributed by atoms with Gasteiger partial charge in [0.05, 0.1) is 0 Å². The van der Waals surface area contributed by atoms with Crippen LogP contribution in [0.2, 0.25) is 0 Å². The molecule has 0 unspecified atom stereocenters. The average Bonchev–Trinajstić information content (AvgIpc) is 2.32. The summed E-state index contributed by atoms with van der Waals surface area (Å²) in [5, 5.41) is 11.0. The van der Waals surface area contributed by atoms with Gasteiger partial charge in [-0.05, 0) is 5.16 Å². The van der Waals surface area contributed by atoms with Gasteiger partial charge in [-0.25, -0.2) is 0 Å². The van der Waals surface area contributed by atoms with Crippen LogP contribution in [0.1, 0.15) is 0 Å². The SMILES string of the molecule is NS(=O)(=O)O/N=C1/NCCS1. The molecular weight excluding hydrogens is 190 g/mol. The number of rotatable bonds is 2. The van der Waals surface area contributed by atoms with Crippen molar-refractivity contribution in [2.75, 3.05) is 12.3 Å². The van der Waals surface area contributed by atoms with Gasteiger partial charge in [0, 0.05) is 12.3 Å². The summed E-state index contributed by atoms with van der Waals surface area (Å²) >= 11 is 1.38. The van der Waals surface area contributed by atoms with Crippen LogP contribution in [0, 0.1) is 0 Å². The molecule has 0 aromatic carbocycles. The van der Waals surface area contributed by atoms with Crippen molar-refractivity contribution < 1.29 is 12.7 Å². The van der Waals surface area contributed by atoms with Crippen LogP contribution in [0.4, 0.5) is 0 Å². The number of thioether (sulfide) groups is 1. The van der Waals surface area contributed by atoms with E-state index in [1.54, 1.807) is 0 Å². The monoisotopic (exact) mass is 197 g/mol. The van der Waals surface area contributed by atoms with E-state index in [1.807, 2.05) is 0 Å². The fourth-order valence-electron chi connectivity index (χ4n) is 0.501. The Morgan fingerprint density at radius 3 is 2.91 bits per heavy atom. The van der Waals surface area contributed by atoms with Crippen molar-refractivity contribution in [2.45, 2.75) is 0 Å². The zero-order valence-electron chi connectivity index (χ0n) is 5.48. The van der Waals surface area contributed by atoms with Crippen LogP contribution in [-0.4, -0.2) is 25.9 Å². The predicted molar refractivity (Wildman–Crippen MR) is 42.1 cm³/mol. The smallest absolute Gasteiger partial charge is 0.361 e. The van der Waals surface area contributed by atoms with Gasteiger partial charge in [-0.1, -0.05) is 11.8 Å². The molecule has 0 aromatic rings. The Morgan fingerprint density at radius 2 is 2.45 bits per heavy atom. The molecule has 8 heteroatoms. The summed E-state index contributed by atoms with van der Waals surface area (Å²) in [5.41, 5.74) is 0. The lowest BCUT2D eigenvalue weighted by Crippen LogP contribution is -2.17. The van der Waals surface area contributed by atoms with Crippen molar-refractivity contribution in [1.82, 2.24) is 5.32 Å². The number of nitrogens with two attached hydrogens (primary N) is 1. The Morgan fingerprint density at radius 1 is 1.73 bits per heavy atom. The van der Waals surface area contributed by atoms with E-state index >= 15 is 0 Å². The molecule has 1 aliphatic heterocycles. The topological polar surface area (TPSA) is 93.8 Å². The van der Waals surface area contributed by atoms with Crippen LogP contribution < -0.4 is 10.5 Å². The van der Waals surface area contributed by atoms with Gasteiger partial charge in [-0.3, -0.25) is 4.28 Å². The maximum absolute atomic E-state index is 10.2. The molecule has 0 aromatic heterocycles. The largest absolute Gasteiger partial charge is 0.399 e. The van der Waals surface area contributed by atoms with E-state index in [1.165, 1.54) is 11.8 Å². The van der Waals surface area contributed by atoms with Crippen LogP contribution in [0.15, 0.2) is 5.16 Å². The first-order chi connectivity index (χ1) is 5.08. The van der Waals surface area contributed by atoms with Gasteiger partial charge in [0.2, 0.25) is 5.17 Å². The summed E-state index contributed by atoms with van der Waals surface area (Å²) in [6.07, 6.45) is 0. The number of amidine groups is 1. The summed E-state index contributed by atoms with van der Waals surface area (Å²) in [7, 11) is -3.95. The maximum atomic E-state index is 10.2. The van der Waals surface area contributed by atoms with Crippen molar-refractivity contribution in [3.05, 3.63) is 0 Å². The van der Waals surface area contributed by atoms with Gasteiger partial charge in [-0.15, -0.1) is 0 Å². The molecule has 1 saturated heterocycles. The van der Waals surface area contributed by atoms with E-state index in [0.717, 1.165) is 12.3 Å². The molecule has 6 nitrogen and oxygen atoms in total. The van der Waals surface area contributed by atoms with Gasteiger partial charge in [0.25, 0.3) is 0 Å². The van der Waals surface area contributed by atoms with E-state index in [4.69, 9.17) is 0 Å². The molecule has 0 atom stereocenters. The molecule has 0 spiro atoms. The van der Waals surface area contributed by atoms with E-state index in [-0.39, 0.29) is 0 Å². The Bertz CT molecular complexity index is 251. The van der Waals surface area contributed by atoms with Crippen LogP contribution in [-0.2, 0) is 14.6 Å². The molecule has 0 radical (unpaired) electrons. The van der Waals surface area contributed by atoms with Crippen LogP contribution >= 0.6 is 11.8 Å². The van der Waals surface area contributed by atoms with Gasteiger partial charge < -0.3 is 5.32 Å². The Kier molecular flexibility index (Phi) is 2.58. The molecule has 1 aliphatic rings. The highest BCUT2D eigenvalue weighted by atomic mass is 32.2. The molecule has 0 amide bonds. The van der Waals surface area contributed by atoms with Crippen LogP contribution in [0.25, 0.3) is 0 Å². The highest BCUT2D eigenvalue weighted by molar-refractivity contribution is 8.14. The Labute approximate surface area is 68.4 Å². The summed E-state index contributed by atoms with van der Waals surface area (Å²) in [4.78, 5) is 0. The van der Waals surface area contributed by atoms with E-state index in [9.17, 15) is 8.42 Å². The summed E-state index contributed by atoms with van der Waals surface area (Å²) in [6.45, 7) is 0.761. The summed E-state index contributed by atoms with van der Waals surface area (Å²) < 4.78 is 24.4. The lowest BCUT2D eigenvalue weighted by atomic mass is 10.8. The third kappa shape index (κ3) is 3.44. The predicted octanol–water partition coefficient (Wildman–Crippen LogP) is -1.19. The number of oxime groups is 1. The Hall–Kier alpha value is -0.470. The van der Waals surface area contributed by atoms with Crippen molar-refractivity contribution >= 4 is 27.2 Å². The zero-order valence-corrected chi connectivity index (χ0v) is 7.11. The van der Waals surface area contributed by atoms with E-state index in [2.05, 4.69) is 19.9 Å². The molecule has 0 aliphatic carbocycles.